The smallest absolute Gasteiger partial charge is 0.358 e. The van der Waals surface area contributed by atoms with E-state index in [0.717, 1.165) is 12.1 Å². The van der Waals surface area contributed by atoms with Crippen molar-refractivity contribution in [3.63, 3.8) is 0 Å². The lowest BCUT2D eigenvalue weighted by Crippen LogP contribution is -2.37. The van der Waals surface area contributed by atoms with Gasteiger partial charge in [-0.25, -0.2) is 4.98 Å². The molecule has 2 N–H and O–H groups in total. The summed E-state index contributed by atoms with van der Waals surface area (Å²) in [7, 11) is 0. The molecule has 0 radical (unpaired) electrons. The summed E-state index contributed by atoms with van der Waals surface area (Å²) in [6.45, 7) is 3.58. The molecule has 0 spiro atoms. The standard InChI is InChI=1S/C12H13F3N4O/c1-3-17-11(20)7(2)18-10-8(6-16)4-5-9(19-10)12(13,14)15/h4-5,7H,3H2,1-2H3,(H,17,20)(H,18,19). The number of halogens is 3. The van der Waals surface area contributed by atoms with Crippen molar-refractivity contribution in [1.29, 1.82) is 5.26 Å². The molecule has 0 aromatic carbocycles. The molecule has 108 valence electrons. The average molecular weight is 286 g/mol. The second-order valence-electron chi connectivity index (χ2n) is 3.96. The number of pyridine rings is 1. The molecule has 1 atom stereocenters. The van der Waals surface area contributed by atoms with E-state index < -0.39 is 23.8 Å². The Morgan fingerprint density at radius 2 is 2.15 bits per heavy atom. The third-order valence-electron chi connectivity index (χ3n) is 2.40. The van der Waals surface area contributed by atoms with Gasteiger partial charge in [-0.05, 0) is 26.0 Å². The minimum absolute atomic E-state index is 0.0610. The van der Waals surface area contributed by atoms with Gasteiger partial charge in [0.05, 0.1) is 5.56 Å². The number of carbonyl (C=O) groups excluding carboxylic acids is 1. The zero-order chi connectivity index (χ0) is 15.3. The molecule has 20 heavy (non-hydrogen) atoms. The highest BCUT2D eigenvalue weighted by Gasteiger charge is 2.33. The Labute approximate surface area is 113 Å². The van der Waals surface area contributed by atoms with Gasteiger partial charge in [0, 0.05) is 6.54 Å². The molecule has 1 aromatic rings. The number of carbonyl (C=O) groups is 1. The number of nitriles is 1. The number of nitrogens with zero attached hydrogens (tertiary/aromatic N) is 2. The molecule has 0 saturated heterocycles. The highest BCUT2D eigenvalue weighted by atomic mass is 19.4. The molecule has 0 saturated carbocycles. The van der Waals surface area contributed by atoms with Crippen LogP contribution in [0.4, 0.5) is 19.0 Å². The van der Waals surface area contributed by atoms with Gasteiger partial charge in [0.15, 0.2) is 0 Å². The van der Waals surface area contributed by atoms with Crippen LogP contribution in [0.15, 0.2) is 12.1 Å². The lowest BCUT2D eigenvalue weighted by atomic mass is 10.2. The number of amides is 1. The Hall–Kier alpha value is -2.30. The van der Waals surface area contributed by atoms with Crippen molar-refractivity contribution in [3.8, 4) is 6.07 Å². The lowest BCUT2D eigenvalue weighted by molar-refractivity contribution is -0.141. The number of nitrogens with one attached hydrogen (secondary N) is 2. The highest BCUT2D eigenvalue weighted by molar-refractivity contribution is 5.84. The van der Waals surface area contributed by atoms with Gasteiger partial charge >= 0.3 is 6.18 Å². The quantitative estimate of drug-likeness (QED) is 0.886. The van der Waals surface area contributed by atoms with Gasteiger partial charge in [0.1, 0.15) is 23.6 Å². The molecule has 1 aromatic heterocycles. The molecule has 0 fully saturated rings. The van der Waals surface area contributed by atoms with Gasteiger partial charge in [0.2, 0.25) is 5.91 Å². The van der Waals surface area contributed by atoms with Crippen molar-refractivity contribution < 1.29 is 18.0 Å². The number of rotatable bonds is 4. The number of likely N-dealkylation sites (N-methyl/N-ethyl adjacent to an activating group) is 1. The van der Waals surface area contributed by atoms with E-state index >= 15 is 0 Å². The number of hydrogen-bond donors (Lipinski definition) is 2. The van der Waals surface area contributed by atoms with Crippen LogP contribution in [-0.4, -0.2) is 23.5 Å². The first kappa shape index (κ1) is 15.8. The Bertz CT molecular complexity index is 536. The van der Waals surface area contributed by atoms with E-state index in [2.05, 4.69) is 15.6 Å². The maximum atomic E-state index is 12.6. The monoisotopic (exact) mass is 286 g/mol. The van der Waals surface area contributed by atoms with E-state index in [0.29, 0.717) is 6.54 Å². The fourth-order valence-corrected chi connectivity index (χ4v) is 1.42. The van der Waals surface area contributed by atoms with E-state index in [9.17, 15) is 18.0 Å². The van der Waals surface area contributed by atoms with Crippen molar-refractivity contribution in [2.75, 3.05) is 11.9 Å². The van der Waals surface area contributed by atoms with Crippen molar-refractivity contribution >= 4 is 11.7 Å². The van der Waals surface area contributed by atoms with Crippen LogP contribution in [0, 0.1) is 11.3 Å². The largest absolute Gasteiger partial charge is 0.433 e. The second-order valence-corrected chi connectivity index (χ2v) is 3.96. The number of alkyl halides is 3. The molecule has 8 heteroatoms. The van der Waals surface area contributed by atoms with Crippen molar-refractivity contribution in [3.05, 3.63) is 23.4 Å². The molecule has 0 aliphatic heterocycles. The molecule has 5 nitrogen and oxygen atoms in total. The maximum absolute atomic E-state index is 12.6. The summed E-state index contributed by atoms with van der Waals surface area (Å²) >= 11 is 0. The fraction of sp³-hybridized carbons (Fsp3) is 0.417. The normalized spacial score (nSPS) is 12.4. The van der Waals surface area contributed by atoms with Crippen molar-refractivity contribution in [2.24, 2.45) is 0 Å². The first-order chi connectivity index (χ1) is 9.29. The van der Waals surface area contributed by atoms with E-state index in [1.807, 2.05) is 0 Å². The minimum Gasteiger partial charge on any atom is -0.358 e. The molecule has 1 rings (SSSR count). The first-order valence-electron chi connectivity index (χ1n) is 5.82. The summed E-state index contributed by atoms with van der Waals surface area (Å²) in [5, 5.41) is 13.9. The Morgan fingerprint density at radius 3 is 2.65 bits per heavy atom. The van der Waals surface area contributed by atoms with Crippen LogP contribution in [0.25, 0.3) is 0 Å². The van der Waals surface area contributed by atoms with Crippen LogP contribution >= 0.6 is 0 Å². The van der Waals surface area contributed by atoms with Crippen LogP contribution in [0.5, 0.6) is 0 Å². The second kappa shape index (κ2) is 6.23. The van der Waals surface area contributed by atoms with Gasteiger partial charge in [-0.15, -0.1) is 0 Å². The minimum atomic E-state index is -4.61. The summed E-state index contributed by atoms with van der Waals surface area (Å²) in [6.07, 6.45) is -4.61. The maximum Gasteiger partial charge on any atom is 0.433 e. The van der Waals surface area contributed by atoms with E-state index in [-0.39, 0.29) is 11.4 Å². The molecule has 0 aliphatic rings. The zero-order valence-corrected chi connectivity index (χ0v) is 10.9. The molecule has 1 heterocycles. The van der Waals surface area contributed by atoms with Gasteiger partial charge in [-0.3, -0.25) is 4.79 Å². The van der Waals surface area contributed by atoms with Crippen LogP contribution in [0.1, 0.15) is 25.1 Å². The molecular weight excluding hydrogens is 273 g/mol. The van der Waals surface area contributed by atoms with Gasteiger partial charge in [0.25, 0.3) is 0 Å². The first-order valence-corrected chi connectivity index (χ1v) is 5.82. The van der Waals surface area contributed by atoms with Crippen molar-refractivity contribution in [2.45, 2.75) is 26.1 Å². The van der Waals surface area contributed by atoms with Crippen LogP contribution in [0.2, 0.25) is 0 Å². The predicted molar refractivity (Wildman–Crippen MR) is 65.7 cm³/mol. The lowest BCUT2D eigenvalue weighted by Gasteiger charge is -2.16. The topological polar surface area (TPSA) is 77.8 Å². The summed E-state index contributed by atoms with van der Waals surface area (Å²) in [4.78, 5) is 14.9. The molecular formula is C12H13F3N4O. The average Bonchev–Trinajstić information content (AvgIpc) is 2.37. The molecule has 0 aliphatic carbocycles. The number of aromatic nitrogens is 1. The van der Waals surface area contributed by atoms with Crippen LogP contribution < -0.4 is 10.6 Å². The summed E-state index contributed by atoms with van der Waals surface area (Å²) < 4.78 is 37.7. The van der Waals surface area contributed by atoms with Gasteiger partial charge in [-0.1, -0.05) is 0 Å². The van der Waals surface area contributed by atoms with Crippen LogP contribution in [-0.2, 0) is 11.0 Å². The fourth-order valence-electron chi connectivity index (χ4n) is 1.42. The summed E-state index contributed by atoms with van der Waals surface area (Å²) in [6, 6.07) is 2.66. The highest BCUT2D eigenvalue weighted by Crippen LogP contribution is 2.29. The summed E-state index contributed by atoms with van der Waals surface area (Å²) in [5.74, 6) is -0.656. The van der Waals surface area contributed by atoms with Gasteiger partial charge in [-0.2, -0.15) is 18.4 Å². The number of hydrogen-bond acceptors (Lipinski definition) is 4. The van der Waals surface area contributed by atoms with E-state index in [1.165, 1.54) is 6.92 Å². The Morgan fingerprint density at radius 1 is 1.50 bits per heavy atom. The SMILES string of the molecule is CCNC(=O)C(C)Nc1nc(C(F)(F)F)ccc1C#N. The van der Waals surface area contributed by atoms with Crippen molar-refractivity contribution in [1.82, 2.24) is 10.3 Å². The molecule has 1 unspecified atom stereocenters. The van der Waals surface area contributed by atoms with E-state index in [1.54, 1.807) is 13.0 Å². The zero-order valence-electron chi connectivity index (χ0n) is 10.9. The number of anilines is 1. The third-order valence-corrected chi connectivity index (χ3v) is 2.40. The molecule has 1 amide bonds. The Kier molecular flexibility index (Phi) is 4.91. The Balaban J connectivity index is 3.04. The molecule has 0 bridgehead atoms. The van der Waals surface area contributed by atoms with Crippen LogP contribution in [0.3, 0.4) is 0 Å². The van der Waals surface area contributed by atoms with E-state index in [4.69, 9.17) is 5.26 Å². The predicted octanol–water partition coefficient (Wildman–Crippen LogP) is 1.91. The third kappa shape index (κ3) is 3.85. The summed E-state index contributed by atoms with van der Waals surface area (Å²) in [5.41, 5.74) is -1.18. The van der Waals surface area contributed by atoms with Gasteiger partial charge < -0.3 is 10.6 Å².